The van der Waals surface area contributed by atoms with Gasteiger partial charge in [0.15, 0.2) is 0 Å². The van der Waals surface area contributed by atoms with Crippen LogP contribution in [0.4, 0.5) is 0 Å². The number of fused-ring (bicyclic) bond motifs is 7. The highest BCUT2D eigenvalue weighted by Gasteiger charge is 2.72. The summed E-state index contributed by atoms with van der Waals surface area (Å²) in [5.41, 5.74) is 1.13. The number of morpholine rings is 1. The van der Waals surface area contributed by atoms with E-state index in [-0.39, 0.29) is 68.3 Å². The van der Waals surface area contributed by atoms with E-state index in [9.17, 15) is 14.4 Å². The van der Waals surface area contributed by atoms with Crippen molar-refractivity contribution in [2.24, 2.45) is 68.0 Å². The smallest absolute Gasteiger partial charge is 0.302 e. The number of nitrogens with zero attached hydrogens (tertiary/aromatic N) is 1. The Hall–Kier alpha value is -1.89. The van der Waals surface area contributed by atoms with Gasteiger partial charge < -0.3 is 19.7 Å². The van der Waals surface area contributed by atoms with Crippen LogP contribution in [0.25, 0.3) is 0 Å². The highest BCUT2D eigenvalue weighted by Crippen LogP contribution is 2.77. The van der Waals surface area contributed by atoms with Gasteiger partial charge in [-0.25, -0.2) is 0 Å². The third-order valence-corrected chi connectivity index (χ3v) is 18.0. The van der Waals surface area contributed by atoms with Gasteiger partial charge in [0.1, 0.15) is 6.10 Å². The maximum Gasteiger partial charge on any atom is 0.302 e. The second-order valence-electron chi connectivity index (χ2n) is 20.4. The topological polar surface area (TPSA) is 84.9 Å². The van der Waals surface area contributed by atoms with Crippen LogP contribution in [0.1, 0.15) is 133 Å². The van der Waals surface area contributed by atoms with Crippen LogP contribution in [0, 0.1) is 68.0 Å². The average Bonchev–Trinajstić information content (AvgIpc) is 3.46. The van der Waals surface area contributed by atoms with Crippen molar-refractivity contribution in [2.75, 3.05) is 26.3 Å². The third kappa shape index (κ3) is 4.99. The van der Waals surface area contributed by atoms with Crippen LogP contribution in [0.5, 0.6) is 0 Å². The SMILES string of the molecule is C=C(C)[C@@H]1CC[C@]2(C(=O)N[C@@H]3C[C@H](C(=O)N4CCOCC4)C3(C)C)CC[C@]3(C)[C@H](CC[C@@H]4[C@@]5(C)CC[C@H](OC(C)=O)C(C)(C)[C@@H]5CC[C@]43C)[C@@H]12. The minimum Gasteiger partial charge on any atom is -0.462 e. The van der Waals surface area contributed by atoms with Crippen molar-refractivity contribution >= 4 is 17.8 Å². The van der Waals surface area contributed by atoms with Crippen molar-refractivity contribution in [1.82, 2.24) is 10.2 Å². The van der Waals surface area contributed by atoms with Gasteiger partial charge in [0.25, 0.3) is 0 Å². The van der Waals surface area contributed by atoms with E-state index in [0.717, 1.165) is 44.9 Å². The Kier molecular flexibility index (Phi) is 8.80. The van der Waals surface area contributed by atoms with Crippen LogP contribution in [-0.2, 0) is 23.9 Å². The molecule has 280 valence electrons. The Labute approximate surface area is 302 Å². The van der Waals surface area contributed by atoms with Gasteiger partial charge in [-0.15, -0.1) is 0 Å². The third-order valence-electron chi connectivity index (χ3n) is 18.0. The summed E-state index contributed by atoms with van der Waals surface area (Å²) in [4.78, 5) is 42.5. The van der Waals surface area contributed by atoms with Crippen molar-refractivity contribution in [3.63, 3.8) is 0 Å². The largest absolute Gasteiger partial charge is 0.462 e. The van der Waals surface area contributed by atoms with Gasteiger partial charge in [0, 0.05) is 37.4 Å². The Bertz CT molecular complexity index is 1420. The molecule has 1 aliphatic heterocycles. The summed E-state index contributed by atoms with van der Waals surface area (Å²) in [6.07, 6.45) is 11.6. The van der Waals surface area contributed by atoms with Crippen LogP contribution in [0.15, 0.2) is 12.2 Å². The van der Waals surface area contributed by atoms with Gasteiger partial charge in [0.05, 0.1) is 18.6 Å². The predicted octanol–water partition coefficient (Wildman–Crippen LogP) is 7.97. The molecule has 50 heavy (non-hydrogen) atoms. The molecule has 1 heterocycles. The lowest BCUT2D eigenvalue weighted by molar-refractivity contribution is -0.249. The van der Waals surface area contributed by atoms with Crippen LogP contribution in [0.3, 0.4) is 0 Å². The number of esters is 1. The minimum absolute atomic E-state index is 0.00797. The molecule has 0 spiro atoms. The van der Waals surface area contributed by atoms with E-state index in [4.69, 9.17) is 9.47 Å². The number of carbonyl (C=O) groups is 3. The molecular formula is C43H68N2O5. The van der Waals surface area contributed by atoms with Crippen molar-refractivity contribution in [3.8, 4) is 0 Å². The van der Waals surface area contributed by atoms with E-state index < -0.39 is 0 Å². The van der Waals surface area contributed by atoms with Gasteiger partial charge >= 0.3 is 5.97 Å². The van der Waals surface area contributed by atoms with E-state index in [1.807, 2.05) is 4.90 Å². The molecule has 0 radical (unpaired) electrons. The lowest BCUT2D eigenvalue weighted by Gasteiger charge is -2.73. The number of rotatable bonds is 5. The predicted molar refractivity (Wildman–Crippen MR) is 196 cm³/mol. The molecule has 7 fully saturated rings. The zero-order chi connectivity index (χ0) is 36.2. The molecule has 7 nitrogen and oxygen atoms in total. The Morgan fingerprint density at radius 2 is 1.48 bits per heavy atom. The summed E-state index contributed by atoms with van der Waals surface area (Å²) in [6.45, 7) is 27.9. The van der Waals surface area contributed by atoms with Crippen LogP contribution in [0.2, 0.25) is 0 Å². The van der Waals surface area contributed by atoms with E-state index in [2.05, 4.69) is 67.3 Å². The normalized spacial score (nSPS) is 47.3. The zero-order valence-corrected chi connectivity index (χ0v) is 32.9. The molecule has 0 aromatic rings. The van der Waals surface area contributed by atoms with Crippen molar-refractivity contribution in [1.29, 1.82) is 0 Å². The molecule has 0 aromatic heterocycles. The highest BCUT2D eigenvalue weighted by atomic mass is 16.5. The lowest BCUT2D eigenvalue weighted by Crippen LogP contribution is -2.68. The molecule has 0 aromatic carbocycles. The van der Waals surface area contributed by atoms with Crippen molar-refractivity contribution in [3.05, 3.63) is 12.2 Å². The van der Waals surface area contributed by atoms with Gasteiger partial charge in [-0.05, 0) is 129 Å². The monoisotopic (exact) mass is 693 g/mol. The molecule has 2 amide bonds. The Morgan fingerprint density at radius 3 is 2.12 bits per heavy atom. The number of carbonyl (C=O) groups excluding carboxylic acids is 3. The van der Waals surface area contributed by atoms with Crippen LogP contribution in [-0.4, -0.2) is 61.1 Å². The van der Waals surface area contributed by atoms with Gasteiger partial charge in [-0.2, -0.15) is 0 Å². The Balaban J connectivity index is 1.14. The molecule has 1 N–H and O–H groups in total. The summed E-state index contributed by atoms with van der Waals surface area (Å²) < 4.78 is 11.5. The van der Waals surface area contributed by atoms with Crippen molar-refractivity contribution in [2.45, 2.75) is 145 Å². The summed E-state index contributed by atoms with van der Waals surface area (Å²) in [7, 11) is 0. The summed E-state index contributed by atoms with van der Waals surface area (Å²) >= 11 is 0. The maximum atomic E-state index is 14.9. The minimum atomic E-state index is -0.364. The first kappa shape index (κ1) is 36.5. The van der Waals surface area contributed by atoms with Gasteiger partial charge in [-0.1, -0.05) is 60.6 Å². The van der Waals surface area contributed by atoms with E-state index in [1.54, 1.807) is 6.92 Å². The maximum absolute atomic E-state index is 14.9. The number of amides is 2. The molecular weight excluding hydrogens is 624 g/mol. The Morgan fingerprint density at radius 1 is 0.780 bits per heavy atom. The van der Waals surface area contributed by atoms with Crippen LogP contribution >= 0.6 is 0 Å². The number of ether oxygens (including phenoxy) is 2. The molecule has 7 heteroatoms. The van der Waals surface area contributed by atoms with Gasteiger partial charge in [0.2, 0.25) is 11.8 Å². The number of nitrogens with one attached hydrogen (secondary N) is 1. The highest BCUT2D eigenvalue weighted by molar-refractivity contribution is 5.86. The fourth-order valence-electron chi connectivity index (χ4n) is 14.8. The fourth-order valence-corrected chi connectivity index (χ4v) is 14.8. The second kappa shape index (κ2) is 12.1. The molecule has 7 rings (SSSR count). The molecule has 6 saturated carbocycles. The first-order chi connectivity index (χ1) is 23.3. The average molecular weight is 693 g/mol. The van der Waals surface area contributed by atoms with Gasteiger partial charge in [-0.3, -0.25) is 14.4 Å². The molecule has 0 unspecified atom stereocenters. The fraction of sp³-hybridized carbons (Fsp3) is 0.884. The molecule has 0 bridgehead atoms. The number of allylic oxidation sites excluding steroid dienone is 1. The standard InChI is InChI=1S/C43H68N2O5/c1-26(2)28-13-18-43(37(48)44-33-25-30(38(33,4)5)36(47)45-21-23-49-24-22-45)20-19-41(9)29(35(28)43)11-12-32-40(8)16-15-34(50-27(3)46)39(6,7)31(40)14-17-42(32,41)10/h28-35H,1,11-25H2,2-10H3,(H,44,48)/t28-,29+,30+,31-,32+,33+,34-,35+,40-,41+,42+,43-/m0/s1. The van der Waals surface area contributed by atoms with Crippen LogP contribution < -0.4 is 5.32 Å². The number of hydrogen-bond acceptors (Lipinski definition) is 5. The first-order valence-electron chi connectivity index (χ1n) is 20.3. The molecule has 12 atom stereocenters. The summed E-state index contributed by atoms with van der Waals surface area (Å²) in [6, 6.07) is 0.0196. The van der Waals surface area contributed by atoms with E-state index in [0.29, 0.717) is 55.9 Å². The second-order valence-corrected chi connectivity index (χ2v) is 20.4. The molecule has 7 aliphatic rings. The first-order valence-corrected chi connectivity index (χ1v) is 20.3. The quantitative estimate of drug-likeness (QED) is 0.234. The summed E-state index contributed by atoms with van der Waals surface area (Å²) in [5.74, 6) is 2.61. The summed E-state index contributed by atoms with van der Waals surface area (Å²) in [5, 5.41) is 3.63. The molecule has 1 saturated heterocycles. The number of hydrogen-bond donors (Lipinski definition) is 1. The zero-order valence-electron chi connectivity index (χ0n) is 32.9. The van der Waals surface area contributed by atoms with Crippen molar-refractivity contribution < 1.29 is 23.9 Å². The molecule has 6 aliphatic carbocycles. The van der Waals surface area contributed by atoms with E-state index in [1.165, 1.54) is 31.3 Å². The van der Waals surface area contributed by atoms with E-state index >= 15 is 0 Å². The lowest BCUT2D eigenvalue weighted by atomic mass is 9.32.